The van der Waals surface area contributed by atoms with Crippen molar-refractivity contribution in [3.63, 3.8) is 0 Å². The fraction of sp³-hybridized carbons (Fsp3) is 0.435. The molecule has 156 valence electrons. The Morgan fingerprint density at radius 3 is 2.66 bits per heavy atom. The molecule has 1 aliphatic heterocycles. The first-order chi connectivity index (χ1) is 14.2. The van der Waals surface area contributed by atoms with Crippen LogP contribution >= 0.6 is 0 Å². The van der Waals surface area contributed by atoms with Crippen molar-refractivity contribution in [3.05, 3.63) is 59.7 Å². The lowest BCUT2D eigenvalue weighted by atomic mass is 9.95. The molecule has 1 heterocycles. The van der Waals surface area contributed by atoms with Crippen LogP contribution in [0.4, 0.5) is 0 Å². The molecule has 2 unspecified atom stereocenters. The molecule has 1 aliphatic rings. The minimum Gasteiger partial charge on any atom is -0.497 e. The molecule has 6 nitrogen and oxygen atoms in total. The van der Waals surface area contributed by atoms with Gasteiger partial charge in [0.2, 0.25) is 0 Å². The molecule has 2 atom stereocenters. The van der Waals surface area contributed by atoms with E-state index < -0.39 is 0 Å². The molecular weight excluding hydrogens is 366 g/mol. The predicted molar refractivity (Wildman–Crippen MR) is 116 cm³/mol. The van der Waals surface area contributed by atoms with Crippen LogP contribution in [0.3, 0.4) is 0 Å². The van der Waals surface area contributed by atoms with E-state index in [4.69, 9.17) is 19.2 Å². The summed E-state index contributed by atoms with van der Waals surface area (Å²) in [6, 6.07) is 16.2. The first-order valence-electron chi connectivity index (χ1n) is 10.1. The van der Waals surface area contributed by atoms with Crippen molar-refractivity contribution >= 4 is 5.96 Å². The second kappa shape index (κ2) is 10.7. The Morgan fingerprint density at radius 1 is 1.10 bits per heavy atom. The Kier molecular flexibility index (Phi) is 7.76. The fourth-order valence-corrected chi connectivity index (χ4v) is 3.57. The van der Waals surface area contributed by atoms with E-state index in [0.717, 1.165) is 49.1 Å². The average Bonchev–Trinajstić information content (AvgIpc) is 3.24. The summed E-state index contributed by atoms with van der Waals surface area (Å²) in [5.74, 6) is 2.76. The Morgan fingerprint density at radius 2 is 1.93 bits per heavy atom. The lowest BCUT2D eigenvalue weighted by Gasteiger charge is -2.21. The van der Waals surface area contributed by atoms with Crippen LogP contribution in [-0.4, -0.2) is 39.9 Å². The highest BCUT2D eigenvalue weighted by atomic mass is 16.5. The molecular formula is C23H31N3O3. The van der Waals surface area contributed by atoms with Gasteiger partial charge in [0.05, 0.1) is 26.9 Å². The summed E-state index contributed by atoms with van der Waals surface area (Å²) in [5, 5.41) is 6.81. The summed E-state index contributed by atoms with van der Waals surface area (Å²) in [5.41, 5.74) is 2.25. The van der Waals surface area contributed by atoms with Gasteiger partial charge in [-0.05, 0) is 31.0 Å². The van der Waals surface area contributed by atoms with Gasteiger partial charge in [0.15, 0.2) is 5.96 Å². The van der Waals surface area contributed by atoms with Crippen LogP contribution in [0.2, 0.25) is 0 Å². The number of nitrogens with zero attached hydrogens (tertiary/aromatic N) is 1. The van der Waals surface area contributed by atoms with Crippen molar-refractivity contribution in [2.24, 2.45) is 10.9 Å². The number of aliphatic imine (C=N–C) groups is 1. The van der Waals surface area contributed by atoms with Crippen molar-refractivity contribution in [2.45, 2.75) is 26.0 Å². The minimum absolute atomic E-state index is 0.133. The van der Waals surface area contributed by atoms with E-state index in [-0.39, 0.29) is 6.10 Å². The summed E-state index contributed by atoms with van der Waals surface area (Å²) in [4.78, 5) is 4.74. The van der Waals surface area contributed by atoms with Crippen molar-refractivity contribution in [1.82, 2.24) is 10.6 Å². The molecule has 0 aromatic heterocycles. The molecule has 29 heavy (non-hydrogen) atoms. The third-order valence-electron chi connectivity index (χ3n) is 5.12. The molecule has 6 heteroatoms. The van der Waals surface area contributed by atoms with Gasteiger partial charge in [-0.2, -0.15) is 0 Å². The quantitative estimate of drug-likeness (QED) is 0.527. The van der Waals surface area contributed by atoms with Crippen molar-refractivity contribution in [3.8, 4) is 11.5 Å². The van der Waals surface area contributed by atoms with Crippen LogP contribution in [0.1, 0.15) is 30.6 Å². The molecule has 0 saturated carbocycles. The summed E-state index contributed by atoms with van der Waals surface area (Å²) in [6.07, 6.45) is 1.17. The zero-order valence-corrected chi connectivity index (χ0v) is 17.5. The summed E-state index contributed by atoms with van der Waals surface area (Å²) in [7, 11) is 3.31. The van der Waals surface area contributed by atoms with Crippen LogP contribution in [0.5, 0.6) is 11.5 Å². The van der Waals surface area contributed by atoms with Crippen LogP contribution in [-0.2, 0) is 11.3 Å². The predicted octanol–water partition coefficient (Wildman–Crippen LogP) is 3.54. The standard InChI is InChI=1S/C23H31N3O3/c1-4-24-23(25-15-18-10-11-20(27-2)14-21(18)28-3)26-16-19-12-13-29-22(19)17-8-6-5-7-9-17/h5-11,14,19,22H,4,12-13,15-16H2,1-3H3,(H2,24,25,26). The number of methoxy groups -OCH3 is 2. The Balaban J connectivity index is 1.64. The molecule has 2 aromatic rings. The van der Waals surface area contributed by atoms with E-state index in [9.17, 15) is 0 Å². The monoisotopic (exact) mass is 397 g/mol. The van der Waals surface area contributed by atoms with Gasteiger partial charge in [0.1, 0.15) is 11.5 Å². The first kappa shape index (κ1) is 21.0. The highest BCUT2D eigenvalue weighted by Crippen LogP contribution is 2.33. The number of ether oxygens (including phenoxy) is 3. The van der Waals surface area contributed by atoms with Gasteiger partial charge in [-0.15, -0.1) is 0 Å². The number of hydrogen-bond donors (Lipinski definition) is 2. The second-order valence-electron chi connectivity index (χ2n) is 7.00. The molecule has 3 rings (SSSR count). The third kappa shape index (κ3) is 5.64. The van der Waals surface area contributed by atoms with E-state index in [2.05, 4.69) is 41.8 Å². The number of guanidine groups is 1. The maximum atomic E-state index is 6.00. The highest BCUT2D eigenvalue weighted by molar-refractivity contribution is 5.79. The third-order valence-corrected chi connectivity index (χ3v) is 5.12. The highest BCUT2D eigenvalue weighted by Gasteiger charge is 2.29. The topological polar surface area (TPSA) is 64.1 Å². The molecule has 0 amide bonds. The normalized spacial score (nSPS) is 19.1. The van der Waals surface area contributed by atoms with E-state index in [0.29, 0.717) is 12.5 Å². The molecule has 0 radical (unpaired) electrons. The number of rotatable bonds is 8. The van der Waals surface area contributed by atoms with Crippen molar-refractivity contribution in [2.75, 3.05) is 33.9 Å². The molecule has 1 fully saturated rings. The van der Waals surface area contributed by atoms with Crippen LogP contribution in [0, 0.1) is 5.92 Å². The zero-order valence-electron chi connectivity index (χ0n) is 17.5. The summed E-state index contributed by atoms with van der Waals surface area (Å²) < 4.78 is 16.7. The maximum absolute atomic E-state index is 6.00. The van der Waals surface area contributed by atoms with Crippen molar-refractivity contribution < 1.29 is 14.2 Å². The second-order valence-corrected chi connectivity index (χ2v) is 7.00. The van der Waals surface area contributed by atoms with Gasteiger partial charge in [0, 0.05) is 37.2 Å². The first-order valence-corrected chi connectivity index (χ1v) is 10.1. The van der Waals surface area contributed by atoms with Gasteiger partial charge in [-0.1, -0.05) is 30.3 Å². The van der Waals surface area contributed by atoms with Gasteiger partial charge >= 0.3 is 0 Å². The smallest absolute Gasteiger partial charge is 0.191 e. The lowest BCUT2D eigenvalue weighted by Crippen LogP contribution is -2.40. The summed E-state index contributed by atoms with van der Waals surface area (Å²) in [6.45, 7) is 4.99. The van der Waals surface area contributed by atoms with Crippen LogP contribution in [0.25, 0.3) is 0 Å². The molecule has 0 spiro atoms. The van der Waals surface area contributed by atoms with Crippen LogP contribution < -0.4 is 20.1 Å². The molecule has 1 saturated heterocycles. The van der Waals surface area contributed by atoms with Crippen LogP contribution in [0.15, 0.2) is 53.5 Å². The van der Waals surface area contributed by atoms with E-state index in [1.54, 1.807) is 14.2 Å². The fourth-order valence-electron chi connectivity index (χ4n) is 3.57. The molecule has 2 N–H and O–H groups in total. The Bertz CT molecular complexity index is 795. The zero-order chi connectivity index (χ0) is 20.5. The van der Waals surface area contributed by atoms with E-state index in [1.165, 1.54) is 5.56 Å². The lowest BCUT2D eigenvalue weighted by molar-refractivity contribution is 0.0915. The maximum Gasteiger partial charge on any atom is 0.191 e. The number of nitrogens with one attached hydrogen (secondary N) is 2. The van der Waals surface area contributed by atoms with Gasteiger partial charge in [-0.3, -0.25) is 0 Å². The Hall–Kier alpha value is -2.73. The molecule has 2 aromatic carbocycles. The van der Waals surface area contributed by atoms with E-state index >= 15 is 0 Å². The van der Waals surface area contributed by atoms with Gasteiger partial charge < -0.3 is 24.8 Å². The van der Waals surface area contributed by atoms with E-state index in [1.807, 2.05) is 24.3 Å². The molecule has 0 aliphatic carbocycles. The largest absolute Gasteiger partial charge is 0.497 e. The minimum atomic E-state index is 0.133. The average molecular weight is 398 g/mol. The number of benzene rings is 2. The van der Waals surface area contributed by atoms with Gasteiger partial charge in [-0.25, -0.2) is 4.99 Å². The molecule has 0 bridgehead atoms. The summed E-state index contributed by atoms with van der Waals surface area (Å²) >= 11 is 0. The number of hydrogen-bond acceptors (Lipinski definition) is 4. The Labute approximate surface area is 173 Å². The van der Waals surface area contributed by atoms with Gasteiger partial charge in [0.25, 0.3) is 0 Å². The van der Waals surface area contributed by atoms with Crippen molar-refractivity contribution in [1.29, 1.82) is 0 Å². The SMILES string of the molecule is CCNC(=NCc1ccc(OC)cc1OC)NCC1CCOC1c1ccccc1.